The van der Waals surface area contributed by atoms with E-state index in [0.29, 0.717) is 6.54 Å². The van der Waals surface area contributed by atoms with Crippen LogP contribution < -0.4 is 5.32 Å². The molecule has 1 aromatic rings. The van der Waals surface area contributed by atoms with Gasteiger partial charge in [0.1, 0.15) is 5.01 Å². The van der Waals surface area contributed by atoms with Crippen LogP contribution in [-0.4, -0.2) is 30.9 Å². The fraction of sp³-hybridized carbons (Fsp3) is 0.700. The Labute approximate surface area is 101 Å². The van der Waals surface area contributed by atoms with Crippen molar-refractivity contribution >= 4 is 21.2 Å². The lowest BCUT2D eigenvalue weighted by molar-refractivity contribution is 0.488. The number of nitrogens with one attached hydrogen (secondary N) is 1. The summed E-state index contributed by atoms with van der Waals surface area (Å²) in [6.45, 7) is 5.86. The van der Waals surface area contributed by atoms with E-state index in [0.717, 1.165) is 5.01 Å². The summed E-state index contributed by atoms with van der Waals surface area (Å²) in [4.78, 5) is 4.19. The molecule has 0 saturated heterocycles. The summed E-state index contributed by atoms with van der Waals surface area (Å²) < 4.78 is 22.2. The molecule has 0 saturated carbocycles. The van der Waals surface area contributed by atoms with E-state index in [1.165, 1.54) is 6.26 Å². The molecule has 0 aliphatic rings. The highest BCUT2D eigenvalue weighted by Crippen LogP contribution is 2.18. The van der Waals surface area contributed by atoms with Gasteiger partial charge in [0.15, 0.2) is 9.84 Å². The van der Waals surface area contributed by atoms with Gasteiger partial charge in [0.2, 0.25) is 0 Å². The van der Waals surface area contributed by atoms with Crippen molar-refractivity contribution in [2.45, 2.75) is 31.6 Å². The van der Waals surface area contributed by atoms with Gasteiger partial charge in [-0.25, -0.2) is 13.4 Å². The summed E-state index contributed by atoms with van der Waals surface area (Å²) in [5, 5.41) is 6.09. The van der Waals surface area contributed by atoms with Gasteiger partial charge in [-0.05, 0) is 20.8 Å². The van der Waals surface area contributed by atoms with E-state index in [2.05, 4.69) is 10.3 Å². The van der Waals surface area contributed by atoms with E-state index >= 15 is 0 Å². The average Bonchev–Trinajstić information content (AvgIpc) is 2.65. The predicted octanol–water partition coefficient (Wildman–Crippen LogP) is 1.62. The van der Waals surface area contributed by atoms with E-state index in [4.69, 9.17) is 0 Å². The van der Waals surface area contributed by atoms with Crippen LogP contribution in [0.4, 0.5) is 0 Å². The van der Waals surface area contributed by atoms with Crippen molar-refractivity contribution in [2.75, 3.05) is 12.8 Å². The molecule has 0 bridgehead atoms. The summed E-state index contributed by atoms with van der Waals surface area (Å²) in [5.41, 5.74) is 0. The fourth-order valence-corrected chi connectivity index (χ4v) is 2.08. The number of sulfone groups is 1. The molecule has 1 heterocycles. The minimum atomic E-state index is -3.05. The highest BCUT2D eigenvalue weighted by atomic mass is 32.2. The molecule has 0 spiro atoms. The van der Waals surface area contributed by atoms with Crippen molar-refractivity contribution in [1.82, 2.24) is 10.3 Å². The van der Waals surface area contributed by atoms with Crippen molar-refractivity contribution < 1.29 is 8.42 Å². The molecule has 92 valence electrons. The Balaban J connectivity index is 2.59. The molecule has 1 atom stereocenters. The Morgan fingerprint density at radius 3 is 2.62 bits per heavy atom. The number of hydrogen-bond donors (Lipinski definition) is 1. The first kappa shape index (κ1) is 13.6. The van der Waals surface area contributed by atoms with Gasteiger partial charge in [-0.1, -0.05) is 0 Å². The zero-order chi connectivity index (χ0) is 12.4. The minimum Gasteiger partial charge on any atom is -0.307 e. The molecule has 0 aliphatic heterocycles. The number of hydrogen-bond acceptors (Lipinski definition) is 5. The second-order valence-corrected chi connectivity index (χ2v) is 8.08. The first-order chi connectivity index (χ1) is 7.24. The molecule has 1 aromatic heterocycles. The second kappa shape index (κ2) is 4.81. The Bertz CT molecular complexity index is 424. The first-order valence-corrected chi connectivity index (χ1v) is 7.83. The van der Waals surface area contributed by atoms with Crippen molar-refractivity contribution in [1.29, 1.82) is 0 Å². The molecule has 0 fully saturated rings. The number of nitrogens with zero attached hydrogens (tertiary/aromatic N) is 1. The molecular weight excluding hydrogens is 244 g/mol. The molecule has 16 heavy (non-hydrogen) atoms. The van der Waals surface area contributed by atoms with E-state index < -0.39 is 14.6 Å². The number of thiazole rings is 1. The number of rotatable bonds is 5. The van der Waals surface area contributed by atoms with Crippen molar-refractivity contribution in [2.24, 2.45) is 0 Å². The monoisotopic (exact) mass is 262 g/mol. The van der Waals surface area contributed by atoms with Gasteiger partial charge in [0.25, 0.3) is 0 Å². The Morgan fingerprint density at radius 2 is 2.19 bits per heavy atom. The van der Waals surface area contributed by atoms with Crippen LogP contribution >= 0.6 is 11.3 Å². The molecule has 0 radical (unpaired) electrons. The van der Waals surface area contributed by atoms with Gasteiger partial charge in [-0.15, -0.1) is 11.3 Å². The third-order valence-corrected chi connectivity index (χ3v) is 5.77. The van der Waals surface area contributed by atoms with Gasteiger partial charge < -0.3 is 5.32 Å². The topological polar surface area (TPSA) is 59.1 Å². The maximum Gasteiger partial charge on any atom is 0.153 e. The molecule has 0 aliphatic carbocycles. The smallest absolute Gasteiger partial charge is 0.153 e. The van der Waals surface area contributed by atoms with Gasteiger partial charge in [0.05, 0.1) is 10.8 Å². The minimum absolute atomic E-state index is 0.0843. The molecule has 1 rings (SSSR count). The zero-order valence-electron chi connectivity index (χ0n) is 10.0. The normalized spacial score (nSPS) is 15.0. The molecule has 4 nitrogen and oxygen atoms in total. The van der Waals surface area contributed by atoms with Gasteiger partial charge in [-0.2, -0.15) is 0 Å². The van der Waals surface area contributed by atoms with Crippen LogP contribution in [0.2, 0.25) is 0 Å². The van der Waals surface area contributed by atoms with Crippen LogP contribution in [0, 0.1) is 0 Å². The summed E-state index contributed by atoms with van der Waals surface area (Å²) in [6, 6.07) is 0.0843. The molecule has 1 N–H and O–H groups in total. The lowest BCUT2D eigenvalue weighted by Gasteiger charge is -2.24. The summed E-state index contributed by atoms with van der Waals surface area (Å²) >= 11 is 1.57. The third-order valence-electron chi connectivity index (χ3n) is 2.66. The maximum atomic E-state index is 11.5. The number of aromatic nitrogens is 1. The molecular formula is C10H18N2O2S2. The largest absolute Gasteiger partial charge is 0.307 e. The van der Waals surface area contributed by atoms with Crippen molar-refractivity contribution in [3.05, 3.63) is 16.6 Å². The fourth-order valence-electron chi connectivity index (χ4n) is 1.07. The Hall–Kier alpha value is -0.460. The highest BCUT2D eigenvalue weighted by molar-refractivity contribution is 7.92. The van der Waals surface area contributed by atoms with Crippen LogP contribution in [0.25, 0.3) is 0 Å². The molecule has 0 amide bonds. The van der Waals surface area contributed by atoms with Crippen LogP contribution in [0.1, 0.15) is 31.8 Å². The van der Waals surface area contributed by atoms with Gasteiger partial charge >= 0.3 is 0 Å². The summed E-state index contributed by atoms with van der Waals surface area (Å²) in [7, 11) is -3.05. The molecule has 0 aromatic carbocycles. The van der Waals surface area contributed by atoms with E-state index in [1.54, 1.807) is 31.4 Å². The quantitative estimate of drug-likeness (QED) is 0.876. The van der Waals surface area contributed by atoms with E-state index in [1.807, 2.05) is 12.3 Å². The Kier molecular flexibility index (Phi) is 4.09. The van der Waals surface area contributed by atoms with Crippen LogP contribution in [0.5, 0.6) is 0 Å². The standard InChI is InChI=1S/C10H18N2O2S2/c1-8(9-11-5-6-15-9)12-7-10(2,3)16(4,13)14/h5-6,8,12H,7H2,1-4H3. The van der Waals surface area contributed by atoms with Crippen LogP contribution in [0.15, 0.2) is 11.6 Å². The Morgan fingerprint density at radius 1 is 1.56 bits per heavy atom. The average molecular weight is 262 g/mol. The molecule has 6 heteroatoms. The van der Waals surface area contributed by atoms with E-state index in [9.17, 15) is 8.42 Å². The first-order valence-electron chi connectivity index (χ1n) is 5.06. The van der Waals surface area contributed by atoms with Gasteiger partial charge in [0, 0.05) is 24.4 Å². The third kappa shape index (κ3) is 3.26. The summed E-state index contributed by atoms with van der Waals surface area (Å²) in [5.74, 6) is 0. The highest BCUT2D eigenvalue weighted by Gasteiger charge is 2.30. The SMILES string of the molecule is CC(NCC(C)(C)S(C)(=O)=O)c1nccs1. The van der Waals surface area contributed by atoms with Crippen LogP contribution in [-0.2, 0) is 9.84 Å². The lowest BCUT2D eigenvalue weighted by atomic mass is 10.2. The lowest BCUT2D eigenvalue weighted by Crippen LogP contribution is -2.42. The van der Waals surface area contributed by atoms with E-state index in [-0.39, 0.29) is 6.04 Å². The van der Waals surface area contributed by atoms with Crippen molar-refractivity contribution in [3.63, 3.8) is 0 Å². The van der Waals surface area contributed by atoms with Crippen LogP contribution in [0.3, 0.4) is 0 Å². The maximum absolute atomic E-state index is 11.5. The zero-order valence-corrected chi connectivity index (χ0v) is 11.7. The predicted molar refractivity (Wildman–Crippen MR) is 67.5 cm³/mol. The second-order valence-electron chi connectivity index (χ2n) is 4.50. The molecule has 1 unspecified atom stereocenters. The van der Waals surface area contributed by atoms with Crippen molar-refractivity contribution in [3.8, 4) is 0 Å². The summed E-state index contributed by atoms with van der Waals surface area (Å²) in [6.07, 6.45) is 3.02. The van der Waals surface area contributed by atoms with Gasteiger partial charge in [-0.3, -0.25) is 0 Å².